The van der Waals surface area contributed by atoms with Crippen LogP contribution in [-0.4, -0.2) is 32.2 Å². The van der Waals surface area contributed by atoms with E-state index in [0.717, 1.165) is 32.2 Å². The van der Waals surface area contributed by atoms with Gasteiger partial charge in [-0.25, -0.2) is 0 Å². The van der Waals surface area contributed by atoms with Gasteiger partial charge < -0.3 is 15.8 Å². The maximum atomic E-state index is 11.2. The van der Waals surface area contributed by atoms with Crippen LogP contribution in [0.25, 0.3) is 0 Å². The molecule has 0 unspecified atom stereocenters. The van der Waals surface area contributed by atoms with Crippen LogP contribution in [0.3, 0.4) is 0 Å². The zero-order valence-corrected chi connectivity index (χ0v) is 9.76. The molecule has 0 aliphatic heterocycles. The number of carbonyl (C=O) groups excluding carboxylic acids is 1. The molecular weight excluding hydrogens is 192 g/mol. The molecule has 15 heavy (non-hydrogen) atoms. The summed E-state index contributed by atoms with van der Waals surface area (Å²) >= 11 is 0. The van der Waals surface area contributed by atoms with Crippen LogP contribution in [-0.2, 0) is 9.53 Å². The summed E-state index contributed by atoms with van der Waals surface area (Å²) in [7, 11) is 0. The van der Waals surface area contributed by atoms with E-state index in [1.807, 2.05) is 6.92 Å². The maximum Gasteiger partial charge on any atom is 0.220 e. The van der Waals surface area contributed by atoms with Crippen LogP contribution < -0.4 is 11.1 Å². The van der Waals surface area contributed by atoms with E-state index in [1.54, 1.807) is 0 Å². The van der Waals surface area contributed by atoms with Crippen molar-refractivity contribution in [2.45, 2.75) is 39.0 Å². The van der Waals surface area contributed by atoms with Gasteiger partial charge in [-0.15, -0.1) is 0 Å². The average molecular weight is 216 g/mol. The smallest absolute Gasteiger partial charge is 0.220 e. The number of ether oxygens (including phenoxy) is 1. The van der Waals surface area contributed by atoms with Crippen LogP contribution in [0.5, 0.6) is 0 Å². The van der Waals surface area contributed by atoms with Crippen LogP contribution in [0.2, 0.25) is 0 Å². The molecule has 0 aromatic rings. The van der Waals surface area contributed by atoms with E-state index in [1.165, 1.54) is 0 Å². The van der Waals surface area contributed by atoms with Crippen molar-refractivity contribution in [2.24, 2.45) is 5.73 Å². The molecule has 0 bridgehead atoms. The molecule has 0 atom stereocenters. The first-order chi connectivity index (χ1) is 7.31. The van der Waals surface area contributed by atoms with E-state index in [-0.39, 0.29) is 5.91 Å². The summed E-state index contributed by atoms with van der Waals surface area (Å²) in [5, 5.41) is 2.82. The van der Waals surface area contributed by atoms with Crippen molar-refractivity contribution in [3.63, 3.8) is 0 Å². The second-order valence-corrected chi connectivity index (χ2v) is 3.50. The predicted molar refractivity (Wildman–Crippen MR) is 61.6 cm³/mol. The summed E-state index contributed by atoms with van der Waals surface area (Å²) in [5.41, 5.74) is 5.37. The quantitative estimate of drug-likeness (QED) is 0.536. The lowest BCUT2D eigenvalue weighted by Crippen LogP contribution is -2.26. The maximum absolute atomic E-state index is 11.2. The van der Waals surface area contributed by atoms with E-state index < -0.39 is 0 Å². The second kappa shape index (κ2) is 11.5. The summed E-state index contributed by atoms with van der Waals surface area (Å²) in [6.45, 7) is 4.62. The molecule has 0 rings (SSSR count). The Kier molecular flexibility index (Phi) is 11.0. The van der Waals surface area contributed by atoms with Gasteiger partial charge in [-0.1, -0.05) is 12.8 Å². The highest BCUT2D eigenvalue weighted by atomic mass is 16.5. The Bertz CT molecular complexity index is 152. The van der Waals surface area contributed by atoms with Crippen LogP contribution >= 0.6 is 0 Å². The van der Waals surface area contributed by atoms with Crippen molar-refractivity contribution in [3.05, 3.63) is 0 Å². The van der Waals surface area contributed by atoms with Gasteiger partial charge >= 0.3 is 0 Å². The SMILES string of the molecule is CCOCCNC(=O)CCCCCCN. The van der Waals surface area contributed by atoms with Gasteiger partial charge in [-0.05, 0) is 26.3 Å². The lowest BCUT2D eigenvalue weighted by atomic mass is 10.1. The molecule has 0 aromatic heterocycles. The lowest BCUT2D eigenvalue weighted by Gasteiger charge is -2.04. The van der Waals surface area contributed by atoms with Crippen molar-refractivity contribution < 1.29 is 9.53 Å². The standard InChI is InChI=1S/C11H24N2O2/c1-2-15-10-9-13-11(14)7-5-3-4-6-8-12/h2-10,12H2,1H3,(H,13,14). The van der Waals surface area contributed by atoms with Crippen LogP contribution in [0, 0.1) is 0 Å². The first kappa shape index (κ1) is 14.4. The first-order valence-electron chi connectivity index (χ1n) is 5.85. The molecular formula is C11H24N2O2. The fourth-order valence-corrected chi connectivity index (χ4v) is 1.28. The highest BCUT2D eigenvalue weighted by molar-refractivity contribution is 5.75. The minimum absolute atomic E-state index is 0.127. The van der Waals surface area contributed by atoms with Gasteiger partial charge in [0.25, 0.3) is 0 Å². The van der Waals surface area contributed by atoms with Gasteiger partial charge in [0.05, 0.1) is 6.61 Å². The summed E-state index contributed by atoms with van der Waals surface area (Å²) in [6.07, 6.45) is 4.86. The van der Waals surface area contributed by atoms with Crippen molar-refractivity contribution in [1.82, 2.24) is 5.32 Å². The number of hydrogen-bond acceptors (Lipinski definition) is 3. The highest BCUT2D eigenvalue weighted by Gasteiger charge is 1.99. The fourth-order valence-electron chi connectivity index (χ4n) is 1.28. The molecule has 0 spiro atoms. The van der Waals surface area contributed by atoms with Crippen molar-refractivity contribution in [1.29, 1.82) is 0 Å². The topological polar surface area (TPSA) is 64.3 Å². The Morgan fingerprint density at radius 3 is 2.67 bits per heavy atom. The third-order valence-electron chi connectivity index (χ3n) is 2.13. The third kappa shape index (κ3) is 11.3. The Balaban J connectivity index is 3.11. The van der Waals surface area contributed by atoms with Crippen LogP contribution in [0.4, 0.5) is 0 Å². The van der Waals surface area contributed by atoms with E-state index >= 15 is 0 Å². The molecule has 1 amide bonds. The molecule has 4 heteroatoms. The zero-order valence-electron chi connectivity index (χ0n) is 9.76. The van der Waals surface area contributed by atoms with Gasteiger partial charge in [-0.3, -0.25) is 4.79 Å². The van der Waals surface area contributed by atoms with E-state index in [0.29, 0.717) is 26.2 Å². The molecule has 4 nitrogen and oxygen atoms in total. The Labute approximate surface area is 92.6 Å². The Hall–Kier alpha value is -0.610. The zero-order chi connectivity index (χ0) is 11.4. The normalized spacial score (nSPS) is 10.3. The molecule has 0 radical (unpaired) electrons. The molecule has 0 aromatic carbocycles. The minimum atomic E-state index is 0.127. The van der Waals surface area contributed by atoms with Crippen molar-refractivity contribution >= 4 is 5.91 Å². The fraction of sp³-hybridized carbons (Fsp3) is 0.909. The van der Waals surface area contributed by atoms with Gasteiger partial charge in [0.1, 0.15) is 0 Å². The lowest BCUT2D eigenvalue weighted by molar-refractivity contribution is -0.121. The Morgan fingerprint density at radius 2 is 2.00 bits per heavy atom. The van der Waals surface area contributed by atoms with E-state index in [9.17, 15) is 4.79 Å². The molecule has 0 saturated carbocycles. The van der Waals surface area contributed by atoms with Gasteiger partial charge in [-0.2, -0.15) is 0 Å². The Morgan fingerprint density at radius 1 is 1.27 bits per heavy atom. The number of rotatable bonds is 10. The average Bonchev–Trinajstić information content (AvgIpc) is 2.24. The van der Waals surface area contributed by atoms with E-state index in [2.05, 4.69) is 5.32 Å². The monoisotopic (exact) mass is 216 g/mol. The number of unbranched alkanes of at least 4 members (excludes halogenated alkanes) is 3. The van der Waals surface area contributed by atoms with Gasteiger partial charge in [0.2, 0.25) is 5.91 Å². The van der Waals surface area contributed by atoms with Gasteiger partial charge in [0.15, 0.2) is 0 Å². The first-order valence-corrected chi connectivity index (χ1v) is 5.85. The van der Waals surface area contributed by atoms with Crippen LogP contribution in [0.1, 0.15) is 39.0 Å². The number of amides is 1. The molecule has 0 fully saturated rings. The second-order valence-electron chi connectivity index (χ2n) is 3.50. The summed E-state index contributed by atoms with van der Waals surface area (Å²) in [6, 6.07) is 0. The molecule has 0 saturated heterocycles. The van der Waals surface area contributed by atoms with Gasteiger partial charge in [0, 0.05) is 19.6 Å². The minimum Gasteiger partial charge on any atom is -0.380 e. The molecule has 3 N–H and O–H groups in total. The van der Waals surface area contributed by atoms with Crippen molar-refractivity contribution in [2.75, 3.05) is 26.3 Å². The van der Waals surface area contributed by atoms with Crippen LogP contribution in [0.15, 0.2) is 0 Å². The number of hydrogen-bond donors (Lipinski definition) is 2. The molecule has 0 aliphatic rings. The molecule has 0 aliphatic carbocycles. The molecule has 90 valence electrons. The summed E-state index contributed by atoms with van der Waals surface area (Å²) < 4.78 is 5.11. The predicted octanol–water partition coefficient (Wildman–Crippen LogP) is 1.05. The number of carbonyl (C=O) groups is 1. The largest absolute Gasteiger partial charge is 0.380 e. The number of nitrogens with two attached hydrogens (primary N) is 1. The third-order valence-corrected chi connectivity index (χ3v) is 2.13. The van der Waals surface area contributed by atoms with E-state index in [4.69, 9.17) is 10.5 Å². The highest BCUT2D eigenvalue weighted by Crippen LogP contribution is 2.01. The number of nitrogens with one attached hydrogen (secondary N) is 1. The van der Waals surface area contributed by atoms with Crippen molar-refractivity contribution in [3.8, 4) is 0 Å². The summed E-state index contributed by atoms with van der Waals surface area (Å²) in [4.78, 5) is 11.2. The molecule has 0 heterocycles. The summed E-state index contributed by atoms with van der Waals surface area (Å²) in [5.74, 6) is 0.127.